The summed E-state index contributed by atoms with van der Waals surface area (Å²) in [5, 5.41) is 3.58. The van der Waals surface area contributed by atoms with Gasteiger partial charge in [0.05, 0.1) is 17.5 Å². The van der Waals surface area contributed by atoms with Crippen LogP contribution in [-0.4, -0.2) is 72.0 Å². The first kappa shape index (κ1) is 30.2. The Bertz CT molecular complexity index is 1660. The standard InChI is InChI=1S/C36H44N4O4S/c41-34-21-29(27-9-3-1-4-10-27)13-18-38(34)23-30-14-19-39(26-36(30)16-7-8-17-36)35(42)40-20-15-31(37-32-24-45(43,44)25-32)22-33(40)28-11-5-2-6-12-28/h1-6,9-13,18,21,30-33,37H,7-8,14-17,19-20,22-26H2/t30-,31+,33-/m0/s1. The SMILES string of the molecule is O=C(N1CC[C@@H](Cn2ccc(-c3ccccc3)cc2=O)C2(CCCC2)C1)N1CC[C@@H](NC2CS(=O)(=O)C2)C[C@H]1c1ccccc1. The maximum absolute atomic E-state index is 14.3. The third-order valence-corrected chi connectivity index (χ3v) is 12.7. The molecule has 8 nitrogen and oxygen atoms in total. The van der Waals surface area contributed by atoms with Gasteiger partial charge < -0.3 is 19.7 Å². The van der Waals surface area contributed by atoms with Gasteiger partial charge in [-0.15, -0.1) is 0 Å². The smallest absolute Gasteiger partial charge is 0.320 e. The zero-order valence-electron chi connectivity index (χ0n) is 25.9. The van der Waals surface area contributed by atoms with Crippen LogP contribution in [0.4, 0.5) is 4.79 Å². The van der Waals surface area contributed by atoms with E-state index in [9.17, 15) is 18.0 Å². The number of hydrogen-bond donors (Lipinski definition) is 1. The highest BCUT2D eigenvalue weighted by molar-refractivity contribution is 7.92. The monoisotopic (exact) mass is 628 g/mol. The van der Waals surface area contributed by atoms with E-state index in [0.29, 0.717) is 25.6 Å². The van der Waals surface area contributed by atoms with Gasteiger partial charge in [-0.1, -0.05) is 73.5 Å². The molecule has 7 rings (SSSR count). The fourth-order valence-electron chi connectivity index (χ4n) is 8.52. The summed E-state index contributed by atoms with van der Waals surface area (Å²) in [7, 11) is -2.89. The Morgan fingerprint density at radius 3 is 2.27 bits per heavy atom. The number of nitrogens with zero attached hydrogens (tertiary/aromatic N) is 3. The Hall–Kier alpha value is -3.43. The van der Waals surface area contributed by atoms with Crippen LogP contribution in [0.5, 0.6) is 0 Å². The van der Waals surface area contributed by atoms with E-state index in [2.05, 4.69) is 27.2 Å². The highest BCUT2D eigenvalue weighted by Crippen LogP contribution is 2.49. The second kappa shape index (κ2) is 12.4. The van der Waals surface area contributed by atoms with Crippen LogP contribution in [0, 0.1) is 11.3 Å². The molecule has 1 aliphatic carbocycles. The molecule has 4 aliphatic rings. The fourth-order valence-corrected chi connectivity index (χ4v) is 9.84. The third-order valence-electron chi connectivity index (χ3n) is 10.9. The van der Waals surface area contributed by atoms with E-state index >= 15 is 0 Å². The number of nitrogens with one attached hydrogen (secondary N) is 1. The number of sulfone groups is 1. The molecule has 1 aromatic heterocycles. The molecule has 45 heavy (non-hydrogen) atoms. The number of pyridine rings is 1. The summed E-state index contributed by atoms with van der Waals surface area (Å²) in [5.41, 5.74) is 3.18. The quantitative estimate of drug-likeness (QED) is 0.410. The van der Waals surface area contributed by atoms with Crippen molar-refractivity contribution < 1.29 is 13.2 Å². The van der Waals surface area contributed by atoms with Gasteiger partial charge in [-0.2, -0.15) is 0 Å². The van der Waals surface area contributed by atoms with Crippen molar-refractivity contribution in [3.8, 4) is 11.1 Å². The molecule has 238 valence electrons. The van der Waals surface area contributed by atoms with Crippen LogP contribution in [0.1, 0.15) is 56.6 Å². The zero-order chi connectivity index (χ0) is 31.0. The number of urea groups is 1. The number of hydrogen-bond acceptors (Lipinski definition) is 5. The van der Waals surface area contributed by atoms with Crippen molar-refractivity contribution in [2.45, 2.75) is 69.6 Å². The van der Waals surface area contributed by atoms with E-state index in [1.54, 1.807) is 6.07 Å². The minimum absolute atomic E-state index is 0.0157. The molecular weight excluding hydrogens is 584 g/mol. The third kappa shape index (κ3) is 6.34. The Kier molecular flexibility index (Phi) is 8.33. The van der Waals surface area contributed by atoms with E-state index < -0.39 is 9.84 Å². The summed E-state index contributed by atoms with van der Waals surface area (Å²) in [6.07, 6.45) is 8.95. The van der Waals surface area contributed by atoms with Gasteiger partial charge in [0.25, 0.3) is 5.56 Å². The molecule has 0 unspecified atom stereocenters. The number of rotatable bonds is 6. The van der Waals surface area contributed by atoms with E-state index in [1.807, 2.05) is 65.4 Å². The van der Waals surface area contributed by atoms with Gasteiger partial charge in [0.2, 0.25) is 0 Å². The minimum Gasteiger partial charge on any atom is -0.324 e. The lowest BCUT2D eigenvalue weighted by Gasteiger charge is -2.49. The van der Waals surface area contributed by atoms with E-state index in [4.69, 9.17) is 0 Å². The molecule has 1 N–H and O–H groups in total. The predicted octanol–water partition coefficient (Wildman–Crippen LogP) is 5.11. The molecule has 4 heterocycles. The highest BCUT2D eigenvalue weighted by Gasteiger charge is 2.48. The van der Waals surface area contributed by atoms with Gasteiger partial charge in [-0.05, 0) is 66.2 Å². The van der Waals surface area contributed by atoms with Crippen LogP contribution in [0.15, 0.2) is 83.8 Å². The van der Waals surface area contributed by atoms with Crippen LogP contribution < -0.4 is 10.9 Å². The average Bonchev–Trinajstić information content (AvgIpc) is 3.51. The molecule has 3 saturated heterocycles. The van der Waals surface area contributed by atoms with Crippen LogP contribution in [0.25, 0.3) is 11.1 Å². The van der Waals surface area contributed by atoms with Crippen molar-refractivity contribution in [2.75, 3.05) is 31.1 Å². The fraction of sp³-hybridized carbons (Fsp3) is 0.500. The van der Waals surface area contributed by atoms with Crippen molar-refractivity contribution >= 4 is 15.9 Å². The highest BCUT2D eigenvalue weighted by atomic mass is 32.2. The number of carbonyl (C=O) groups is 1. The molecule has 2 aromatic carbocycles. The Morgan fingerprint density at radius 2 is 1.58 bits per heavy atom. The van der Waals surface area contributed by atoms with Crippen LogP contribution in [0.3, 0.4) is 0 Å². The second-order valence-corrected chi connectivity index (χ2v) is 16.0. The number of carbonyl (C=O) groups excluding carboxylic acids is 1. The van der Waals surface area contributed by atoms with Crippen molar-refractivity contribution in [1.82, 2.24) is 19.7 Å². The summed E-state index contributed by atoms with van der Waals surface area (Å²) in [6.45, 7) is 2.77. The van der Waals surface area contributed by atoms with Gasteiger partial charge in [-0.25, -0.2) is 13.2 Å². The van der Waals surface area contributed by atoms with Crippen LogP contribution in [0.2, 0.25) is 0 Å². The molecule has 1 spiro atoms. The molecule has 3 aliphatic heterocycles. The number of likely N-dealkylation sites (tertiary alicyclic amines) is 2. The summed E-state index contributed by atoms with van der Waals surface area (Å²) >= 11 is 0. The summed E-state index contributed by atoms with van der Waals surface area (Å²) in [5.74, 6) is 0.772. The molecule has 3 aromatic rings. The Morgan fingerprint density at radius 1 is 0.867 bits per heavy atom. The van der Waals surface area contributed by atoms with Crippen LogP contribution >= 0.6 is 0 Å². The van der Waals surface area contributed by atoms with Crippen molar-refractivity contribution in [3.05, 3.63) is 94.9 Å². The first-order valence-electron chi connectivity index (χ1n) is 16.6. The molecule has 1 saturated carbocycles. The number of benzene rings is 2. The molecular formula is C36H44N4O4S. The first-order chi connectivity index (χ1) is 21.8. The average molecular weight is 629 g/mol. The van der Waals surface area contributed by atoms with Gasteiger partial charge in [0.15, 0.2) is 9.84 Å². The molecule has 0 bridgehead atoms. The number of piperidine rings is 2. The maximum atomic E-state index is 14.3. The Labute approximate surface area is 266 Å². The number of amides is 2. The van der Waals surface area contributed by atoms with Crippen LogP contribution in [-0.2, 0) is 16.4 Å². The number of aromatic nitrogens is 1. The summed E-state index contributed by atoms with van der Waals surface area (Å²) < 4.78 is 25.4. The normalized spacial score (nSPS) is 26.1. The van der Waals surface area contributed by atoms with Gasteiger partial charge in [0.1, 0.15) is 0 Å². The zero-order valence-corrected chi connectivity index (χ0v) is 26.7. The van der Waals surface area contributed by atoms with E-state index in [0.717, 1.165) is 55.3 Å². The second-order valence-electron chi connectivity index (χ2n) is 13.8. The summed E-state index contributed by atoms with van der Waals surface area (Å²) in [4.78, 5) is 31.8. The Balaban J connectivity index is 1.06. The summed E-state index contributed by atoms with van der Waals surface area (Å²) in [6, 6.07) is 24.3. The molecule has 9 heteroatoms. The minimum atomic E-state index is -2.89. The van der Waals surface area contributed by atoms with E-state index in [-0.39, 0.29) is 46.6 Å². The van der Waals surface area contributed by atoms with Gasteiger partial charge >= 0.3 is 6.03 Å². The maximum Gasteiger partial charge on any atom is 0.320 e. The largest absolute Gasteiger partial charge is 0.324 e. The van der Waals surface area contributed by atoms with Crippen molar-refractivity contribution in [2.24, 2.45) is 11.3 Å². The van der Waals surface area contributed by atoms with E-state index in [1.165, 1.54) is 12.8 Å². The van der Waals surface area contributed by atoms with Crippen molar-refractivity contribution in [1.29, 1.82) is 0 Å². The topological polar surface area (TPSA) is 91.7 Å². The lowest BCUT2D eigenvalue weighted by Crippen LogP contribution is -2.59. The lowest BCUT2D eigenvalue weighted by molar-refractivity contribution is 0.0206. The van der Waals surface area contributed by atoms with Gasteiger partial charge in [-0.3, -0.25) is 4.79 Å². The molecule has 2 amide bonds. The first-order valence-corrected chi connectivity index (χ1v) is 18.4. The molecule has 3 atom stereocenters. The van der Waals surface area contributed by atoms with Gasteiger partial charge in [0, 0.05) is 50.5 Å². The molecule has 0 radical (unpaired) electrons. The lowest BCUT2D eigenvalue weighted by atomic mass is 9.69. The predicted molar refractivity (Wildman–Crippen MR) is 177 cm³/mol. The van der Waals surface area contributed by atoms with Crippen molar-refractivity contribution in [3.63, 3.8) is 0 Å². The molecule has 4 fully saturated rings.